The number of likely N-dealkylation sites (N-methyl/N-ethyl adjacent to an activating group) is 2. The second-order valence-corrected chi connectivity index (χ2v) is 5.42. The molecule has 2 aliphatic rings. The van der Waals surface area contributed by atoms with Gasteiger partial charge in [0.05, 0.1) is 5.54 Å². The Labute approximate surface area is 116 Å². The van der Waals surface area contributed by atoms with Crippen LogP contribution in [0.5, 0.6) is 0 Å². The number of hydrogen-bond donors (Lipinski definition) is 1. The number of carbonyl (C=O) groups is 3. The lowest BCUT2D eigenvalue weighted by Gasteiger charge is -2.28. The molecule has 2 fully saturated rings. The first-order valence-corrected chi connectivity index (χ1v) is 6.16. The van der Waals surface area contributed by atoms with Crippen molar-refractivity contribution >= 4 is 17.8 Å². The maximum Gasteiger partial charge on any atom is 0.333 e. The van der Waals surface area contributed by atoms with Crippen molar-refractivity contribution in [2.24, 2.45) is 0 Å². The Bertz CT molecular complexity index is 522. The van der Waals surface area contributed by atoms with Crippen LogP contribution < -0.4 is 5.32 Å². The van der Waals surface area contributed by atoms with Crippen molar-refractivity contribution in [3.05, 3.63) is 23.6 Å². The summed E-state index contributed by atoms with van der Waals surface area (Å²) in [6.45, 7) is 4.44. The zero-order chi connectivity index (χ0) is 15.1. The van der Waals surface area contributed by atoms with Crippen molar-refractivity contribution in [1.29, 1.82) is 0 Å². The molecule has 7 heteroatoms. The molecule has 0 aromatic heterocycles. The molecule has 2 rings (SSSR count). The number of urea groups is 1. The molecule has 0 bridgehead atoms. The van der Waals surface area contributed by atoms with Crippen LogP contribution in [0.3, 0.4) is 0 Å². The third-order valence-corrected chi connectivity index (χ3v) is 3.10. The van der Waals surface area contributed by atoms with Crippen molar-refractivity contribution in [2.45, 2.75) is 19.4 Å². The van der Waals surface area contributed by atoms with Crippen molar-refractivity contribution < 1.29 is 19.1 Å². The summed E-state index contributed by atoms with van der Waals surface area (Å²) in [5.41, 5.74) is -0.258. The van der Waals surface area contributed by atoms with Crippen molar-refractivity contribution in [3.8, 4) is 0 Å². The van der Waals surface area contributed by atoms with Crippen LogP contribution >= 0.6 is 0 Å². The van der Waals surface area contributed by atoms with E-state index in [-0.39, 0.29) is 11.1 Å². The molecule has 0 aromatic carbocycles. The molecule has 1 N–H and O–H groups in total. The van der Waals surface area contributed by atoms with Gasteiger partial charge in [-0.2, -0.15) is 0 Å². The van der Waals surface area contributed by atoms with E-state index in [1.807, 2.05) is 13.8 Å². The normalized spacial score (nSPS) is 24.1. The van der Waals surface area contributed by atoms with Gasteiger partial charge >= 0.3 is 6.03 Å². The fourth-order valence-electron chi connectivity index (χ4n) is 1.91. The average molecular weight is 279 g/mol. The van der Waals surface area contributed by atoms with Gasteiger partial charge in [0.15, 0.2) is 5.88 Å². The van der Waals surface area contributed by atoms with E-state index >= 15 is 0 Å². The zero-order valence-electron chi connectivity index (χ0n) is 11.9. The first-order chi connectivity index (χ1) is 9.23. The summed E-state index contributed by atoms with van der Waals surface area (Å²) in [7, 11) is 2.67. The van der Waals surface area contributed by atoms with E-state index in [0.29, 0.717) is 12.5 Å². The lowest BCUT2D eigenvalue weighted by atomic mass is 10.1. The highest BCUT2D eigenvalue weighted by atomic mass is 16.5. The van der Waals surface area contributed by atoms with Crippen LogP contribution in [-0.4, -0.2) is 53.9 Å². The van der Waals surface area contributed by atoms with Gasteiger partial charge in [-0.3, -0.25) is 19.4 Å². The lowest BCUT2D eigenvalue weighted by Crippen LogP contribution is -2.53. The molecule has 7 nitrogen and oxygen atoms in total. The second-order valence-electron chi connectivity index (χ2n) is 5.42. The number of ether oxygens (including phenoxy) is 1. The van der Waals surface area contributed by atoms with Crippen molar-refractivity contribution in [3.63, 3.8) is 0 Å². The summed E-state index contributed by atoms with van der Waals surface area (Å²) in [5.74, 6) is -0.746. The number of barbiturate groups is 1. The predicted molar refractivity (Wildman–Crippen MR) is 70.3 cm³/mol. The standard InChI is InChI=1S/C13H17N3O4/c1-13(2)7-20-9(14-13)6-5-8-10(17)15(3)12(19)16(4)11(8)18/h5-6,14H,7H2,1-4H3/b9-6-. The molecule has 0 aromatic rings. The van der Waals surface area contributed by atoms with Gasteiger partial charge in [-0.1, -0.05) is 0 Å². The topological polar surface area (TPSA) is 79.0 Å². The van der Waals surface area contributed by atoms with Crippen molar-refractivity contribution in [1.82, 2.24) is 15.1 Å². The molecule has 0 unspecified atom stereocenters. The highest BCUT2D eigenvalue weighted by Gasteiger charge is 2.37. The summed E-state index contributed by atoms with van der Waals surface area (Å²) >= 11 is 0. The molecule has 2 saturated heterocycles. The van der Waals surface area contributed by atoms with Crippen LogP contribution in [0.1, 0.15) is 13.8 Å². The number of hydrogen-bond acceptors (Lipinski definition) is 5. The molecule has 2 heterocycles. The minimum absolute atomic E-state index is 0.0720. The first-order valence-electron chi connectivity index (χ1n) is 6.16. The Kier molecular flexibility index (Phi) is 3.29. The summed E-state index contributed by atoms with van der Waals surface area (Å²) in [5, 5.41) is 3.11. The predicted octanol–water partition coefficient (Wildman–Crippen LogP) is 0.203. The van der Waals surface area contributed by atoms with E-state index in [1.54, 1.807) is 0 Å². The Balaban J connectivity index is 2.25. The molecule has 0 radical (unpaired) electrons. The first kappa shape index (κ1) is 14.1. The van der Waals surface area contributed by atoms with Crippen LogP contribution in [0.4, 0.5) is 4.79 Å². The van der Waals surface area contributed by atoms with Gasteiger partial charge < -0.3 is 10.1 Å². The molecule has 0 spiro atoms. The fraction of sp³-hybridized carbons (Fsp3) is 0.462. The Morgan fingerprint density at radius 1 is 1.10 bits per heavy atom. The third kappa shape index (κ3) is 2.38. The number of imide groups is 2. The van der Waals surface area contributed by atoms with Gasteiger partial charge in [0.25, 0.3) is 11.8 Å². The summed E-state index contributed by atoms with van der Waals surface area (Å²) in [6.07, 6.45) is 2.89. The van der Waals surface area contributed by atoms with Gasteiger partial charge in [0.1, 0.15) is 12.2 Å². The van der Waals surface area contributed by atoms with Gasteiger partial charge in [0, 0.05) is 14.1 Å². The Hall–Kier alpha value is -2.31. The minimum atomic E-state index is -0.638. The molecule has 108 valence electrons. The maximum absolute atomic E-state index is 11.9. The number of nitrogens with zero attached hydrogens (tertiary/aromatic N) is 2. The van der Waals surface area contributed by atoms with Crippen LogP contribution in [0, 0.1) is 0 Å². The maximum atomic E-state index is 11.9. The van der Waals surface area contributed by atoms with Crippen LogP contribution in [-0.2, 0) is 14.3 Å². The highest BCUT2D eigenvalue weighted by Crippen LogP contribution is 2.18. The smallest absolute Gasteiger partial charge is 0.333 e. The number of rotatable bonds is 1. The molecule has 4 amide bonds. The molecule has 0 atom stereocenters. The van der Waals surface area contributed by atoms with Crippen LogP contribution in [0.2, 0.25) is 0 Å². The SMILES string of the molecule is CN1C(=O)C(=C/C=C2/NC(C)(C)CO2)C(=O)N(C)C1=O. The third-order valence-electron chi connectivity index (χ3n) is 3.10. The van der Waals surface area contributed by atoms with Gasteiger partial charge in [0.2, 0.25) is 0 Å². The minimum Gasteiger partial charge on any atom is -0.477 e. The zero-order valence-corrected chi connectivity index (χ0v) is 11.9. The second kappa shape index (κ2) is 4.66. The van der Waals surface area contributed by atoms with E-state index in [4.69, 9.17) is 4.74 Å². The van der Waals surface area contributed by atoms with E-state index in [2.05, 4.69) is 5.32 Å². The Morgan fingerprint density at radius 3 is 2.10 bits per heavy atom. The molecular formula is C13H17N3O4. The number of amides is 4. The van der Waals surface area contributed by atoms with Gasteiger partial charge in [-0.05, 0) is 26.0 Å². The van der Waals surface area contributed by atoms with Gasteiger partial charge in [-0.15, -0.1) is 0 Å². The number of nitrogens with one attached hydrogen (secondary N) is 1. The molecule has 2 aliphatic heterocycles. The number of carbonyl (C=O) groups excluding carboxylic acids is 3. The largest absolute Gasteiger partial charge is 0.477 e. The van der Waals surface area contributed by atoms with Crippen LogP contribution in [0.15, 0.2) is 23.6 Å². The molecule has 20 heavy (non-hydrogen) atoms. The summed E-state index contributed by atoms with van der Waals surface area (Å²) in [6, 6.07) is -0.638. The summed E-state index contributed by atoms with van der Waals surface area (Å²) < 4.78 is 5.39. The average Bonchev–Trinajstić information content (AvgIpc) is 2.73. The molecule has 0 aliphatic carbocycles. The fourth-order valence-corrected chi connectivity index (χ4v) is 1.91. The van der Waals surface area contributed by atoms with Gasteiger partial charge in [-0.25, -0.2) is 4.79 Å². The highest BCUT2D eigenvalue weighted by molar-refractivity contribution is 6.28. The van der Waals surface area contributed by atoms with E-state index in [1.165, 1.54) is 26.2 Å². The molecule has 0 saturated carbocycles. The quantitative estimate of drug-likeness (QED) is 0.548. The molecular weight excluding hydrogens is 262 g/mol. The van der Waals surface area contributed by atoms with Crippen molar-refractivity contribution in [2.75, 3.05) is 20.7 Å². The number of allylic oxidation sites excluding steroid dienone is 2. The summed E-state index contributed by atoms with van der Waals surface area (Å²) in [4.78, 5) is 37.2. The monoisotopic (exact) mass is 279 g/mol. The van der Waals surface area contributed by atoms with E-state index in [0.717, 1.165) is 9.80 Å². The Morgan fingerprint density at radius 2 is 1.65 bits per heavy atom. The van der Waals surface area contributed by atoms with E-state index < -0.39 is 17.8 Å². The van der Waals surface area contributed by atoms with Crippen LogP contribution in [0.25, 0.3) is 0 Å². The lowest BCUT2D eigenvalue weighted by molar-refractivity contribution is -0.134. The van der Waals surface area contributed by atoms with E-state index in [9.17, 15) is 14.4 Å².